The summed E-state index contributed by atoms with van der Waals surface area (Å²) in [4.78, 5) is 24.5. The van der Waals surface area contributed by atoms with Gasteiger partial charge in [0.25, 0.3) is 0 Å². The molecule has 0 saturated heterocycles. The van der Waals surface area contributed by atoms with Gasteiger partial charge in [-0.25, -0.2) is 0 Å². The van der Waals surface area contributed by atoms with Gasteiger partial charge in [-0.3, -0.25) is 9.59 Å². The first-order valence-corrected chi connectivity index (χ1v) is 10.4. The summed E-state index contributed by atoms with van der Waals surface area (Å²) in [6.45, 7) is 2.30. The molecule has 28 heavy (non-hydrogen) atoms. The number of carbonyl (C=O) groups is 2. The molecule has 2 aromatic carbocycles. The van der Waals surface area contributed by atoms with Crippen LogP contribution in [-0.2, 0) is 19.7 Å². The number of carbonyl (C=O) groups excluding carboxylic acids is 2. The number of benzene rings is 2. The predicted molar refractivity (Wildman–Crippen MR) is 108 cm³/mol. The fourth-order valence-electron chi connectivity index (χ4n) is 5.60. The van der Waals surface area contributed by atoms with Crippen LogP contribution in [0.2, 0.25) is 0 Å². The van der Waals surface area contributed by atoms with Crippen molar-refractivity contribution in [2.24, 2.45) is 11.8 Å². The number of halogens is 2. The van der Waals surface area contributed by atoms with Crippen LogP contribution in [0.1, 0.15) is 24.5 Å². The van der Waals surface area contributed by atoms with Gasteiger partial charge in [-0.2, -0.15) is 0 Å². The number of alkyl halides is 2. The van der Waals surface area contributed by atoms with Crippen LogP contribution < -0.4 is 0 Å². The number of ether oxygens (including phenoxy) is 1. The van der Waals surface area contributed by atoms with Gasteiger partial charge in [0.05, 0.1) is 17.4 Å². The van der Waals surface area contributed by atoms with E-state index < -0.39 is 33.1 Å². The lowest BCUT2D eigenvalue weighted by Gasteiger charge is -2.52. The highest BCUT2D eigenvalue weighted by atomic mass is 35.5. The zero-order valence-electron chi connectivity index (χ0n) is 15.4. The van der Waals surface area contributed by atoms with Crippen LogP contribution in [0.3, 0.4) is 0 Å². The first-order valence-electron chi connectivity index (χ1n) is 9.64. The summed E-state index contributed by atoms with van der Waals surface area (Å²) in [5.41, 5.74) is 0.844. The second-order valence-electron chi connectivity index (χ2n) is 7.92. The van der Waals surface area contributed by atoms with E-state index in [1.165, 1.54) is 0 Å². The normalized spacial score (nSPS) is 37.6. The summed E-state index contributed by atoms with van der Waals surface area (Å²) >= 11 is 14.0. The third-order valence-electron chi connectivity index (χ3n) is 6.88. The molecule has 5 heteroatoms. The Labute approximate surface area is 174 Å². The topological polar surface area (TPSA) is 43.4 Å². The van der Waals surface area contributed by atoms with Crippen molar-refractivity contribution in [1.29, 1.82) is 0 Å². The molecule has 0 spiro atoms. The van der Waals surface area contributed by atoms with Gasteiger partial charge >= 0.3 is 0 Å². The molecule has 3 aliphatic carbocycles. The van der Waals surface area contributed by atoms with Crippen LogP contribution >= 0.6 is 23.2 Å². The zero-order chi connectivity index (χ0) is 19.7. The summed E-state index contributed by atoms with van der Waals surface area (Å²) in [5, 5.41) is 0. The van der Waals surface area contributed by atoms with Crippen LogP contribution in [0.5, 0.6) is 0 Å². The van der Waals surface area contributed by atoms with Crippen molar-refractivity contribution in [2.75, 3.05) is 6.61 Å². The highest BCUT2D eigenvalue weighted by Gasteiger charge is 2.91. The van der Waals surface area contributed by atoms with Gasteiger partial charge in [0.1, 0.15) is 15.5 Å². The fraction of sp³-hybridized carbons (Fsp3) is 0.391. The third-order valence-corrected chi connectivity index (χ3v) is 8.25. The minimum atomic E-state index is -1.39. The minimum absolute atomic E-state index is 0.0201. The van der Waals surface area contributed by atoms with Crippen molar-refractivity contribution in [1.82, 2.24) is 0 Å². The largest absolute Gasteiger partial charge is 0.376 e. The molecule has 3 nitrogen and oxygen atoms in total. The maximum atomic E-state index is 13.8. The Morgan fingerprint density at radius 1 is 0.964 bits per heavy atom. The first-order chi connectivity index (χ1) is 13.4. The molecule has 0 aromatic heterocycles. The van der Waals surface area contributed by atoms with Crippen molar-refractivity contribution >= 4 is 34.8 Å². The van der Waals surface area contributed by atoms with Crippen LogP contribution in [0, 0.1) is 11.8 Å². The Kier molecular flexibility index (Phi) is 3.88. The SMILES string of the molecule is CCO[C@H]1C[C@H]2C(=O)[C@@H]3C(c4ccccc4)(c4ccccc4)[C@]3(Cl)C(=O)[C@@]12Cl. The summed E-state index contributed by atoms with van der Waals surface area (Å²) < 4.78 is 5.70. The zero-order valence-corrected chi connectivity index (χ0v) is 16.9. The highest BCUT2D eigenvalue weighted by Crippen LogP contribution is 2.77. The molecule has 0 heterocycles. The second kappa shape index (κ2) is 5.91. The number of ketones is 2. The molecule has 0 amide bonds. The van der Waals surface area contributed by atoms with E-state index in [0.717, 1.165) is 11.1 Å². The minimum Gasteiger partial charge on any atom is -0.376 e. The van der Waals surface area contributed by atoms with E-state index in [1.54, 1.807) is 0 Å². The molecule has 2 aromatic rings. The van der Waals surface area contributed by atoms with Gasteiger partial charge in [0.2, 0.25) is 0 Å². The Bertz CT molecular complexity index is 921. The van der Waals surface area contributed by atoms with Crippen LogP contribution in [0.25, 0.3) is 0 Å². The van der Waals surface area contributed by atoms with Crippen molar-refractivity contribution in [3.05, 3.63) is 71.8 Å². The number of hydrogen-bond donors (Lipinski definition) is 0. The average molecular weight is 415 g/mol. The van der Waals surface area contributed by atoms with E-state index in [-0.39, 0.29) is 11.6 Å². The molecule has 0 N–H and O–H groups in total. The van der Waals surface area contributed by atoms with Gasteiger partial charge < -0.3 is 4.74 Å². The van der Waals surface area contributed by atoms with Crippen LogP contribution in [0.15, 0.2) is 60.7 Å². The van der Waals surface area contributed by atoms with E-state index in [1.807, 2.05) is 67.6 Å². The summed E-state index contributed by atoms with van der Waals surface area (Å²) in [7, 11) is 0. The van der Waals surface area contributed by atoms with Crippen molar-refractivity contribution < 1.29 is 14.3 Å². The van der Waals surface area contributed by atoms with E-state index in [0.29, 0.717) is 13.0 Å². The van der Waals surface area contributed by atoms with Crippen molar-refractivity contribution in [3.63, 3.8) is 0 Å². The maximum Gasteiger partial charge on any atom is 0.180 e. The number of hydrogen-bond acceptors (Lipinski definition) is 3. The lowest BCUT2D eigenvalue weighted by molar-refractivity contribution is -0.155. The smallest absolute Gasteiger partial charge is 0.180 e. The molecule has 0 bridgehead atoms. The molecule has 0 radical (unpaired) electrons. The quantitative estimate of drug-likeness (QED) is 0.706. The Hall–Kier alpha value is -1.68. The van der Waals surface area contributed by atoms with E-state index >= 15 is 0 Å². The number of rotatable bonds is 4. The van der Waals surface area contributed by atoms with Crippen LogP contribution in [-0.4, -0.2) is 34.0 Å². The molecule has 3 aliphatic rings. The predicted octanol–water partition coefficient (Wildman–Crippen LogP) is 4.13. The lowest BCUT2D eigenvalue weighted by Crippen LogP contribution is -2.69. The Morgan fingerprint density at radius 3 is 2.00 bits per heavy atom. The van der Waals surface area contributed by atoms with E-state index in [4.69, 9.17) is 27.9 Å². The molecule has 5 atom stereocenters. The van der Waals surface area contributed by atoms with Gasteiger partial charge in [0, 0.05) is 12.5 Å². The molecular weight excluding hydrogens is 395 g/mol. The third kappa shape index (κ3) is 1.86. The summed E-state index contributed by atoms with van der Waals surface area (Å²) in [6.07, 6.45) is 0.00689. The molecule has 144 valence electrons. The van der Waals surface area contributed by atoms with Gasteiger partial charge in [-0.1, -0.05) is 60.7 Å². The summed E-state index contributed by atoms with van der Waals surface area (Å²) in [6, 6.07) is 19.2. The lowest BCUT2D eigenvalue weighted by atomic mass is 9.61. The second-order valence-corrected chi connectivity index (χ2v) is 9.14. The Morgan fingerprint density at radius 2 is 1.50 bits per heavy atom. The fourth-order valence-corrected chi connectivity index (χ4v) is 6.85. The number of Topliss-reactive ketones (excluding diaryl/α,β-unsaturated/α-hetero) is 2. The average Bonchev–Trinajstić information content (AvgIpc) is 3.32. The molecule has 0 aliphatic heterocycles. The monoisotopic (exact) mass is 414 g/mol. The molecule has 3 saturated carbocycles. The van der Waals surface area contributed by atoms with Gasteiger partial charge in [-0.05, 0) is 24.5 Å². The Balaban J connectivity index is 1.72. The summed E-state index contributed by atoms with van der Waals surface area (Å²) in [5.74, 6) is -1.44. The molecular formula is C23H20Cl2O3. The molecule has 5 rings (SSSR count). The molecule has 3 fully saturated rings. The van der Waals surface area contributed by atoms with Crippen molar-refractivity contribution in [2.45, 2.75) is 34.6 Å². The van der Waals surface area contributed by atoms with Gasteiger partial charge in [-0.15, -0.1) is 23.2 Å². The maximum absolute atomic E-state index is 13.8. The van der Waals surface area contributed by atoms with Crippen molar-refractivity contribution in [3.8, 4) is 0 Å². The van der Waals surface area contributed by atoms with E-state index in [9.17, 15) is 9.59 Å². The van der Waals surface area contributed by atoms with Crippen LogP contribution in [0.4, 0.5) is 0 Å². The molecule has 0 unspecified atom stereocenters. The van der Waals surface area contributed by atoms with Gasteiger partial charge in [0.15, 0.2) is 5.78 Å². The highest BCUT2D eigenvalue weighted by molar-refractivity contribution is 6.53. The number of fused-ring (bicyclic) bond motifs is 2. The van der Waals surface area contributed by atoms with E-state index in [2.05, 4.69) is 0 Å². The standard InChI is InChI=1S/C23H20Cl2O3/c1-2-28-17-13-16-18(26)19-21(14-9-5-3-6-10-14,15-11-7-4-8-12-15)23(19,25)20(27)22(16,17)24/h3-12,16-17,19H,2,13H2,1H3/t16-,17-,19+,22-,23+/m0/s1. The first kappa shape index (κ1) is 18.4.